The maximum atomic E-state index is 9.01. The molecule has 0 saturated carbocycles. The van der Waals surface area contributed by atoms with E-state index in [0.29, 0.717) is 12.2 Å². The first-order valence-corrected chi connectivity index (χ1v) is 5.70. The number of ether oxygens (including phenoxy) is 2. The molecule has 0 aliphatic carbocycles. The molecule has 0 bridgehead atoms. The average Bonchev–Trinajstić information content (AvgIpc) is 3.03. The van der Waals surface area contributed by atoms with E-state index in [0.717, 1.165) is 10.9 Å². The molecule has 1 saturated heterocycles. The van der Waals surface area contributed by atoms with Gasteiger partial charge in [-0.3, -0.25) is 4.57 Å². The van der Waals surface area contributed by atoms with Crippen molar-refractivity contribution in [3.8, 4) is 6.07 Å². The Hall–Kier alpha value is -1.87. The van der Waals surface area contributed by atoms with E-state index in [4.69, 9.17) is 19.8 Å². The van der Waals surface area contributed by atoms with Crippen molar-refractivity contribution in [3.05, 3.63) is 36.0 Å². The maximum Gasteiger partial charge on any atom is 0.244 e. The highest BCUT2D eigenvalue weighted by Gasteiger charge is 2.27. The van der Waals surface area contributed by atoms with Gasteiger partial charge in [0.05, 0.1) is 30.4 Å². The molecule has 5 nitrogen and oxygen atoms in total. The van der Waals surface area contributed by atoms with E-state index in [-0.39, 0.29) is 12.7 Å². The largest absolute Gasteiger partial charge is 0.394 e. The third-order valence-corrected chi connectivity index (χ3v) is 3.01. The number of fused-ring (bicyclic) bond motifs is 1. The molecule has 1 aromatic carbocycles. The van der Waals surface area contributed by atoms with Crippen LogP contribution < -0.4 is 0 Å². The standard InChI is InChI=1S/C13H12N2O3/c14-6-9-1-2-12-10(5-9)3-4-15(12)13-17-8-11(7-16)18-13/h1-5,11,13,16H,7-8H2/t11-,13-/m1/s1. The molecule has 1 aromatic heterocycles. The van der Waals surface area contributed by atoms with Crippen LogP contribution in [0.25, 0.3) is 10.9 Å². The van der Waals surface area contributed by atoms with Crippen LogP contribution in [0, 0.1) is 11.3 Å². The molecule has 0 spiro atoms. The number of aromatic nitrogens is 1. The highest BCUT2D eigenvalue weighted by atomic mass is 16.7. The molecular formula is C13H12N2O3. The van der Waals surface area contributed by atoms with E-state index in [1.807, 2.05) is 29.0 Å². The average molecular weight is 244 g/mol. The van der Waals surface area contributed by atoms with E-state index in [1.54, 1.807) is 6.07 Å². The van der Waals surface area contributed by atoms with Crippen LogP contribution >= 0.6 is 0 Å². The van der Waals surface area contributed by atoms with Gasteiger partial charge in [-0.05, 0) is 24.3 Å². The van der Waals surface area contributed by atoms with Gasteiger partial charge in [0, 0.05) is 11.6 Å². The predicted molar refractivity (Wildman–Crippen MR) is 63.6 cm³/mol. The highest BCUT2D eigenvalue weighted by molar-refractivity contribution is 5.81. The zero-order chi connectivity index (χ0) is 12.5. The first-order valence-electron chi connectivity index (χ1n) is 5.70. The molecule has 2 aromatic rings. The summed E-state index contributed by atoms with van der Waals surface area (Å²) >= 11 is 0. The van der Waals surface area contributed by atoms with Gasteiger partial charge < -0.3 is 14.6 Å². The molecule has 0 amide bonds. The second kappa shape index (κ2) is 4.42. The fraction of sp³-hybridized carbons (Fsp3) is 0.308. The van der Waals surface area contributed by atoms with E-state index < -0.39 is 6.41 Å². The summed E-state index contributed by atoms with van der Waals surface area (Å²) in [4.78, 5) is 0. The second-order valence-electron chi connectivity index (χ2n) is 4.19. The van der Waals surface area contributed by atoms with Crippen LogP contribution in [0.1, 0.15) is 12.0 Å². The Morgan fingerprint density at radius 2 is 2.33 bits per heavy atom. The van der Waals surface area contributed by atoms with Gasteiger partial charge >= 0.3 is 0 Å². The number of aliphatic hydroxyl groups is 1. The molecule has 92 valence electrons. The molecular weight excluding hydrogens is 232 g/mol. The fourth-order valence-corrected chi connectivity index (χ4v) is 2.09. The van der Waals surface area contributed by atoms with E-state index >= 15 is 0 Å². The van der Waals surface area contributed by atoms with Gasteiger partial charge in [0.15, 0.2) is 0 Å². The highest BCUT2D eigenvalue weighted by Crippen LogP contribution is 2.27. The first kappa shape index (κ1) is 11.2. The minimum absolute atomic E-state index is 0.0473. The Morgan fingerprint density at radius 1 is 1.44 bits per heavy atom. The summed E-state index contributed by atoms with van der Waals surface area (Å²) in [7, 11) is 0. The predicted octanol–water partition coefficient (Wildman–Crippen LogP) is 1.38. The number of nitrogens with zero attached hydrogens (tertiary/aromatic N) is 2. The third-order valence-electron chi connectivity index (χ3n) is 3.01. The Balaban J connectivity index is 1.96. The van der Waals surface area contributed by atoms with Crippen molar-refractivity contribution in [2.24, 2.45) is 0 Å². The van der Waals surface area contributed by atoms with Crippen LogP contribution in [0.5, 0.6) is 0 Å². The molecule has 1 aliphatic heterocycles. The fourth-order valence-electron chi connectivity index (χ4n) is 2.09. The molecule has 0 radical (unpaired) electrons. The number of hydrogen-bond donors (Lipinski definition) is 1. The van der Waals surface area contributed by atoms with Crippen molar-refractivity contribution in [1.82, 2.24) is 4.57 Å². The van der Waals surface area contributed by atoms with E-state index in [2.05, 4.69) is 6.07 Å². The zero-order valence-electron chi connectivity index (χ0n) is 9.61. The number of aliphatic hydroxyl groups excluding tert-OH is 1. The van der Waals surface area contributed by atoms with Crippen LogP contribution in [0.4, 0.5) is 0 Å². The van der Waals surface area contributed by atoms with Gasteiger partial charge in [-0.2, -0.15) is 5.26 Å². The van der Waals surface area contributed by atoms with Gasteiger partial charge in [0.25, 0.3) is 0 Å². The van der Waals surface area contributed by atoms with Crippen LogP contribution in [-0.2, 0) is 9.47 Å². The van der Waals surface area contributed by atoms with Crippen LogP contribution in [0.2, 0.25) is 0 Å². The zero-order valence-corrected chi connectivity index (χ0v) is 9.61. The van der Waals surface area contributed by atoms with E-state index in [1.165, 1.54) is 0 Å². The van der Waals surface area contributed by atoms with E-state index in [9.17, 15) is 0 Å². The molecule has 1 aliphatic rings. The Morgan fingerprint density at radius 3 is 3.06 bits per heavy atom. The van der Waals surface area contributed by atoms with Crippen molar-refractivity contribution in [2.45, 2.75) is 12.5 Å². The minimum Gasteiger partial charge on any atom is -0.394 e. The quantitative estimate of drug-likeness (QED) is 0.866. The number of rotatable bonds is 2. The smallest absolute Gasteiger partial charge is 0.244 e. The van der Waals surface area contributed by atoms with Gasteiger partial charge in [-0.1, -0.05) is 0 Å². The van der Waals surface area contributed by atoms with Crippen molar-refractivity contribution < 1.29 is 14.6 Å². The SMILES string of the molecule is N#Cc1ccc2c(ccn2[C@@H]2OC[C@@H](CO)O2)c1. The number of benzene rings is 1. The normalized spacial score (nSPS) is 23.3. The van der Waals surface area contributed by atoms with Crippen LogP contribution in [0.15, 0.2) is 30.5 Å². The van der Waals surface area contributed by atoms with Crippen molar-refractivity contribution in [2.75, 3.05) is 13.2 Å². The summed E-state index contributed by atoms with van der Waals surface area (Å²) in [6, 6.07) is 9.47. The molecule has 2 heterocycles. The van der Waals surface area contributed by atoms with Crippen molar-refractivity contribution >= 4 is 10.9 Å². The molecule has 1 fully saturated rings. The summed E-state index contributed by atoms with van der Waals surface area (Å²) in [5, 5.41) is 18.8. The summed E-state index contributed by atoms with van der Waals surface area (Å²) in [5.41, 5.74) is 1.57. The van der Waals surface area contributed by atoms with Gasteiger partial charge in [-0.15, -0.1) is 0 Å². The summed E-state index contributed by atoms with van der Waals surface area (Å²) in [6.07, 6.45) is 1.08. The van der Waals surface area contributed by atoms with Crippen molar-refractivity contribution in [1.29, 1.82) is 5.26 Å². The maximum absolute atomic E-state index is 9.01. The Kier molecular flexibility index (Phi) is 2.76. The Labute approximate surface area is 104 Å². The topological polar surface area (TPSA) is 67.4 Å². The van der Waals surface area contributed by atoms with Crippen molar-refractivity contribution in [3.63, 3.8) is 0 Å². The van der Waals surface area contributed by atoms with Crippen LogP contribution in [0.3, 0.4) is 0 Å². The van der Waals surface area contributed by atoms with Gasteiger partial charge in [0.1, 0.15) is 6.10 Å². The summed E-state index contributed by atoms with van der Waals surface area (Å²) in [6.45, 7) is 0.339. The number of nitriles is 1. The lowest BCUT2D eigenvalue weighted by atomic mass is 10.2. The number of hydrogen-bond acceptors (Lipinski definition) is 4. The molecule has 2 atom stereocenters. The lowest BCUT2D eigenvalue weighted by Gasteiger charge is -2.13. The molecule has 1 N–H and O–H groups in total. The molecule has 18 heavy (non-hydrogen) atoms. The van der Waals surface area contributed by atoms with Gasteiger partial charge in [-0.25, -0.2) is 0 Å². The molecule has 5 heteroatoms. The lowest BCUT2D eigenvalue weighted by molar-refractivity contribution is -0.116. The lowest BCUT2D eigenvalue weighted by Crippen LogP contribution is -2.15. The first-order chi connectivity index (χ1) is 8.81. The molecule has 3 rings (SSSR count). The monoisotopic (exact) mass is 244 g/mol. The Bertz CT molecular complexity index is 614. The third kappa shape index (κ3) is 1.77. The second-order valence-corrected chi connectivity index (χ2v) is 4.19. The van der Waals surface area contributed by atoms with Gasteiger partial charge in [0.2, 0.25) is 6.41 Å². The minimum atomic E-state index is -0.507. The molecule has 0 unspecified atom stereocenters. The van der Waals surface area contributed by atoms with Crippen LogP contribution in [-0.4, -0.2) is 29.0 Å². The summed E-state index contributed by atoms with van der Waals surface area (Å²) in [5.74, 6) is 0. The summed E-state index contributed by atoms with van der Waals surface area (Å²) < 4.78 is 12.9.